The summed E-state index contributed by atoms with van der Waals surface area (Å²) in [6, 6.07) is 9.48. The number of hydrogen-bond donors (Lipinski definition) is 1. The number of nitrogens with one attached hydrogen (secondary N) is 1. The monoisotopic (exact) mass is 422 g/mol. The van der Waals surface area contributed by atoms with Crippen molar-refractivity contribution < 1.29 is 27.1 Å². The Hall–Kier alpha value is -2.78. The van der Waals surface area contributed by atoms with Gasteiger partial charge >= 0.3 is 5.97 Å². The number of carbonyl (C=O) groups is 2. The van der Waals surface area contributed by atoms with Crippen molar-refractivity contribution in [1.82, 2.24) is 4.31 Å². The van der Waals surface area contributed by atoms with Gasteiger partial charge < -0.3 is 10.1 Å². The number of benzene rings is 2. The number of carbonyl (C=O) groups excluding carboxylic acids is 2. The fraction of sp³-hybridized carbons (Fsp3) is 0.300. The molecule has 2 aromatic carbocycles. The van der Waals surface area contributed by atoms with Crippen LogP contribution in [-0.4, -0.2) is 44.3 Å². The highest BCUT2D eigenvalue weighted by Crippen LogP contribution is 2.22. The number of halogens is 1. The molecule has 0 saturated carbocycles. The summed E-state index contributed by atoms with van der Waals surface area (Å²) < 4.78 is 44.9. The van der Waals surface area contributed by atoms with E-state index < -0.39 is 34.3 Å². The lowest BCUT2D eigenvalue weighted by molar-refractivity contribution is -0.119. The summed E-state index contributed by atoms with van der Waals surface area (Å²) in [5.41, 5.74) is 0.742. The largest absolute Gasteiger partial charge is 0.452 e. The van der Waals surface area contributed by atoms with Crippen LogP contribution in [0.5, 0.6) is 0 Å². The lowest BCUT2D eigenvalue weighted by atomic mass is 10.1. The number of anilines is 1. The molecular formula is C20H23FN2O5S. The second kappa shape index (κ2) is 9.62. The van der Waals surface area contributed by atoms with E-state index in [0.717, 1.165) is 6.07 Å². The van der Waals surface area contributed by atoms with Gasteiger partial charge in [0.15, 0.2) is 6.61 Å². The third-order valence-electron chi connectivity index (χ3n) is 4.19. The maximum atomic E-state index is 13.1. The Balaban J connectivity index is 2.10. The molecule has 7 nitrogen and oxygen atoms in total. The van der Waals surface area contributed by atoms with Gasteiger partial charge in [0, 0.05) is 18.8 Å². The van der Waals surface area contributed by atoms with Crippen molar-refractivity contribution >= 4 is 27.6 Å². The van der Waals surface area contributed by atoms with Crippen molar-refractivity contribution in [2.45, 2.75) is 25.7 Å². The van der Waals surface area contributed by atoms with Gasteiger partial charge in [-0.15, -0.1) is 0 Å². The zero-order valence-electron chi connectivity index (χ0n) is 16.4. The van der Waals surface area contributed by atoms with Crippen LogP contribution in [0.2, 0.25) is 0 Å². The second-order valence-corrected chi connectivity index (χ2v) is 8.11. The van der Waals surface area contributed by atoms with Gasteiger partial charge in [-0.05, 0) is 42.8 Å². The molecule has 2 rings (SSSR count). The van der Waals surface area contributed by atoms with E-state index >= 15 is 0 Å². The zero-order valence-corrected chi connectivity index (χ0v) is 17.3. The highest BCUT2D eigenvalue weighted by atomic mass is 32.2. The van der Waals surface area contributed by atoms with Gasteiger partial charge in [0.25, 0.3) is 5.91 Å². The number of rotatable bonds is 8. The molecule has 0 saturated heterocycles. The van der Waals surface area contributed by atoms with Crippen LogP contribution in [0.15, 0.2) is 47.4 Å². The average Bonchev–Trinajstić information content (AvgIpc) is 2.67. The van der Waals surface area contributed by atoms with Gasteiger partial charge in [-0.25, -0.2) is 17.6 Å². The predicted octanol–water partition coefficient (Wildman–Crippen LogP) is 2.96. The maximum absolute atomic E-state index is 13.1. The Morgan fingerprint density at radius 3 is 2.41 bits per heavy atom. The van der Waals surface area contributed by atoms with Crippen LogP contribution < -0.4 is 5.32 Å². The number of esters is 1. The first kappa shape index (κ1) is 22.5. The highest BCUT2D eigenvalue weighted by Gasteiger charge is 2.25. The van der Waals surface area contributed by atoms with Crippen LogP contribution in [-0.2, 0) is 19.6 Å². The number of ether oxygens (including phenoxy) is 1. The number of nitrogens with zero attached hydrogens (tertiary/aromatic N) is 1. The Morgan fingerprint density at radius 1 is 1.10 bits per heavy atom. The summed E-state index contributed by atoms with van der Waals surface area (Å²) >= 11 is 0. The molecule has 0 aliphatic rings. The fourth-order valence-corrected chi connectivity index (χ4v) is 4.39. The fourth-order valence-electron chi connectivity index (χ4n) is 2.69. The lowest BCUT2D eigenvalue weighted by Gasteiger charge is -2.20. The van der Waals surface area contributed by atoms with Gasteiger partial charge in [-0.2, -0.15) is 4.31 Å². The van der Waals surface area contributed by atoms with Crippen molar-refractivity contribution in [3.63, 3.8) is 0 Å². The van der Waals surface area contributed by atoms with Crippen molar-refractivity contribution in [3.05, 3.63) is 59.4 Å². The maximum Gasteiger partial charge on any atom is 0.338 e. The first-order valence-corrected chi connectivity index (χ1v) is 10.5. The van der Waals surface area contributed by atoms with E-state index in [1.54, 1.807) is 20.8 Å². The van der Waals surface area contributed by atoms with E-state index in [1.807, 2.05) is 0 Å². The van der Waals surface area contributed by atoms with Crippen molar-refractivity contribution in [3.8, 4) is 0 Å². The summed E-state index contributed by atoms with van der Waals surface area (Å²) in [7, 11) is -3.75. The lowest BCUT2D eigenvalue weighted by Crippen LogP contribution is -2.31. The molecule has 9 heteroatoms. The van der Waals surface area contributed by atoms with Gasteiger partial charge in [-0.1, -0.05) is 26.0 Å². The van der Waals surface area contributed by atoms with E-state index in [1.165, 1.54) is 40.7 Å². The number of hydrogen-bond acceptors (Lipinski definition) is 5. The highest BCUT2D eigenvalue weighted by molar-refractivity contribution is 7.89. The molecule has 0 aliphatic heterocycles. The van der Waals surface area contributed by atoms with Gasteiger partial charge in [0.1, 0.15) is 5.82 Å². The molecule has 1 N–H and O–H groups in total. The van der Waals surface area contributed by atoms with E-state index in [0.29, 0.717) is 18.7 Å². The molecule has 0 bridgehead atoms. The molecule has 1 amide bonds. The summed E-state index contributed by atoms with van der Waals surface area (Å²) in [6.07, 6.45) is 0. The summed E-state index contributed by atoms with van der Waals surface area (Å²) in [4.78, 5) is 24.2. The molecule has 0 radical (unpaired) electrons. The SMILES string of the molecule is CCN(CC)S(=O)(=O)c1cc(C(=O)OCC(=O)Nc2cccc(F)c2)ccc1C. The Kier molecular flexibility index (Phi) is 7.46. The van der Waals surface area contributed by atoms with E-state index in [9.17, 15) is 22.4 Å². The van der Waals surface area contributed by atoms with Crippen LogP contribution in [0.3, 0.4) is 0 Å². The van der Waals surface area contributed by atoms with Crippen LogP contribution in [0.4, 0.5) is 10.1 Å². The molecule has 0 unspecified atom stereocenters. The van der Waals surface area contributed by atoms with Crippen LogP contribution in [0, 0.1) is 12.7 Å². The zero-order chi connectivity index (χ0) is 21.6. The topological polar surface area (TPSA) is 92.8 Å². The van der Waals surface area contributed by atoms with Gasteiger partial charge in [0.05, 0.1) is 10.5 Å². The molecule has 29 heavy (non-hydrogen) atoms. The van der Waals surface area contributed by atoms with Crippen molar-refractivity contribution in [2.24, 2.45) is 0 Å². The van der Waals surface area contributed by atoms with E-state index in [2.05, 4.69) is 5.32 Å². The Labute approximate surface area is 169 Å². The molecule has 0 aromatic heterocycles. The smallest absolute Gasteiger partial charge is 0.338 e. The molecule has 0 spiro atoms. The van der Waals surface area contributed by atoms with Crippen LogP contribution >= 0.6 is 0 Å². The molecule has 0 heterocycles. The van der Waals surface area contributed by atoms with E-state index in [-0.39, 0.29) is 16.1 Å². The third kappa shape index (κ3) is 5.61. The molecule has 0 aliphatic carbocycles. The minimum absolute atomic E-state index is 0.0138. The quantitative estimate of drug-likeness (QED) is 0.661. The van der Waals surface area contributed by atoms with Crippen molar-refractivity contribution in [1.29, 1.82) is 0 Å². The van der Waals surface area contributed by atoms with Crippen molar-refractivity contribution in [2.75, 3.05) is 25.0 Å². The third-order valence-corrected chi connectivity index (χ3v) is 6.38. The molecular weight excluding hydrogens is 399 g/mol. The first-order chi connectivity index (χ1) is 13.7. The minimum Gasteiger partial charge on any atom is -0.452 e. The van der Waals surface area contributed by atoms with Gasteiger partial charge in [0.2, 0.25) is 10.0 Å². The number of amides is 1. The molecule has 0 fully saturated rings. The molecule has 156 valence electrons. The Bertz CT molecular complexity index is 1000. The average molecular weight is 422 g/mol. The summed E-state index contributed by atoms with van der Waals surface area (Å²) in [6.45, 7) is 5.09. The Morgan fingerprint density at radius 2 is 1.79 bits per heavy atom. The number of aryl methyl sites for hydroxylation is 1. The van der Waals surface area contributed by atoms with Crippen LogP contribution in [0.1, 0.15) is 29.8 Å². The minimum atomic E-state index is -3.75. The van der Waals surface area contributed by atoms with Gasteiger partial charge in [-0.3, -0.25) is 4.79 Å². The molecule has 2 aromatic rings. The normalized spacial score (nSPS) is 11.3. The second-order valence-electron chi connectivity index (χ2n) is 6.20. The first-order valence-electron chi connectivity index (χ1n) is 9.02. The van der Waals surface area contributed by atoms with E-state index in [4.69, 9.17) is 4.74 Å². The summed E-state index contributed by atoms with van der Waals surface area (Å²) in [5, 5.41) is 2.41. The van der Waals surface area contributed by atoms with Crippen LogP contribution in [0.25, 0.3) is 0 Å². The summed E-state index contributed by atoms with van der Waals surface area (Å²) in [5.74, 6) is -2.00. The standard InChI is InChI=1S/C20H23FN2O5S/c1-4-23(5-2)29(26,27)18-11-15(10-9-14(18)3)20(25)28-13-19(24)22-17-8-6-7-16(21)12-17/h6-12H,4-5,13H2,1-3H3,(H,22,24). The molecule has 0 atom stereocenters. The predicted molar refractivity (Wildman–Crippen MR) is 107 cm³/mol. The number of sulfonamides is 1.